The summed E-state index contributed by atoms with van der Waals surface area (Å²) in [5, 5.41) is 27.3. The normalized spacial score (nSPS) is 30.7. The highest BCUT2D eigenvalue weighted by molar-refractivity contribution is 4.94. The molecule has 106 valence electrons. The first kappa shape index (κ1) is 13.9. The SMILES string of the molecule is O=c1ccn(C2O[C@H](CO)[C@@H](O)[C@H]2F)c(=O)n1CO. The maximum absolute atomic E-state index is 13.8. The van der Waals surface area contributed by atoms with Crippen LogP contribution in [0.5, 0.6) is 0 Å². The number of alkyl halides is 1. The van der Waals surface area contributed by atoms with E-state index < -0.39 is 49.2 Å². The lowest BCUT2D eigenvalue weighted by molar-refractivity contribution is -0.0500. The van der Waals surface area contributed by atoms with E-state index in [1.807, 2.05) is 0 Å². The molecule has 1 aromatic rings. The highest BCUT2D eigenvalue weighted by Gasteiger charge is 2.45. The fraction of sp³-hybridized carbons (Fsp3) is 0.600. The average molecular weight is 276 g/mol. The van der Waals surface area contributed by atoms with Crippen molar-refractivity contribution in [2.24, 2.45) is 0 Å². The fourth-order valence-electron chi connectivity index (χ4n) is 1.93. The van der Waals surface area contributed by atoms with E-state index in [1.165, 1.54) is 0 Å². The smallest absolute Gasteiger partial charge is 0.335 e. The van der Waals surface area contributed by atoms with Gasteiger partial charge in [0.2, 0.25) is 0 Å². The number of aromatic nitrogens is 2. The number of aliphatic hydroxyl groups is 3. The monoisotopic (exact) mass is 276 g/mol. The van der Waals surface area contributed by atoms with Crippen molar-refractivity contribution in [2.45, 2.75) is 31.3 Å². The summed E-state index contributed by atoms with van der Waals surface area (Å²) in [5.41, 5.74) is -1.70. The van der Waals surface area contributed by atoms with Gasteiger partial charge < -0.3 is 20.1 Å². The summed E-state index contributed by atoms with van der Waals surface area (Å²) in [5.74, 6) is 0. The van der Waals surface area contributed by atoms with Crippen molar-refractivity contribution < 1.29 is 24.4 Å². The number of aliphatic hydroxyl groups excluding tert-OH is 3. The summed E-state index contributed by atoms with van der Waals surface area (Å²) in [6.07, 6.45) is -5.10. The molecular weight excluding hydrogens is 263 g/mol. The minimum Gasteiger partial charge on any atom is -0.394 e. The van der Waals surface area contributed by atoms with Crippen LogP contribution in [-0.2, 0) is 11.5 Å². The third-order valence-corrected chi connectivity index (χ3v) is 2.98. The third-order valence-electron chi connectivity index (χ3n) is 2.98. The van der Waals surface area contributed by atoms with Crippen LogP contribution in [-0.4, -0.2) is 49.4 Å². The zero-order chi connectivity index (χ0) is 14.2. The van der Waals surface area contributed by atoms with E-state index in [0.29, 0.717) is 4.57 Å². The van der Waals surface area contributed by atoms with Crippen molar-refractivity contribution >= 4 is 0 Å². The molecule has 0 amide bonds. The van der Waals surface area contributed by atoms with Crippen LogP contribution in [0.3, 0.4) is 0 Å². The Morgan fingerprint density at radius 1 is 1.37 bits per heavy atom. The van der Waals surface area contributed by atoms with E-state index in [1.54, 1.807) is 0 Å². The molecule has 1 aliphatic heterocycles. The van der Waals surface area contributed by atoms with E-state index in [9.17, 15) is 19.1 Å². The Morgan fingerprint density at radius 3 is 2.58 bits per heavy atom. The summed E-state index contributed by atoms with van der Waals surface area (Å²) in [4.78, 5) is 23.1. The molecule has 1 saturated heterocycles. The average Bonchev–Trinajstić information content (AvgIpc) is 2.67. The second-order valence-corrected chi connectivity index (χ2v) is 4.10. The van der Waals surface area contributed by atoms with Crippen molar-refractivity contribution in [1.29, 1.82) is 0 Å². The molecule has 19 heavy (non-hydrogen) atoms. The zero-order valence-corrected chi connectivity index (χ0v) is 9.72. The first-order chi connectivity index (χ1) is 9.01. The van der Waals surface area contributed by atoms with Crippen molar-refractivity contribution in [1.82, 2.24) is 9.13 Å². The van der Waals surface area contributed by atoms with Gasteiger partial charge in [0.15, 0.2) is 12.4 Å². The van der Waals surface area contributed by atoms with Crippen molar-refractivity contribution in [2.75, 3.05) is 6.61 Å². The van der Waals surface area contributed by atoms with Gasteiger partial charge in [-0.1, -0.05) is 0 Å². The minimum atomic E-state index is -1.93. The molecule has 0 aromatic carbocycles. The molecule has 4 atom stereocenters. The predicted octanol–water partition coefficient (Wildman–Crippen LogP) is -2.45. The van der Waals surface area contributed by atoms with Gasteiger partial charge in [0, 0.05) is 12.3 Å². The molecule has 3 N–H and O–H groups in total. The van der Waals surface area contributed by atoms with E-state index in [-0.39, 0.29) is 0 Å². The summed E-state index contributed by atoms with van der Waals surface area (Å²) in [7, 11) is 0. The molecule has 9 heteroatoms. The number of rotatable bonds is 3. The molecule has 1 fully saturated rings. The van der Waals surface area contributed by atoms with Crippen LogP contribution in [0.1, 0.15) is 6.23 Å². The summed E-state index contributed by atoms with van der Waals surface area (Å²) < 4.78 is 20.1. The van der Waals surface area contributed by atoms with Gasteiger partial charge in [-0.15, -0.1) is 0 Å². The molecule has 2 rings (SSSR count). The Bertz CT molecular complexity index is 570. The molecular formula is C10H13FN2O6. The predicted molar refractivity (Wildman–Crippen MR) is 59.1 cm³/mol. The molecule has 1 aliphatic rings. The second-order valence-electron chi connectivity index (χ2n) is 4.10. The Kier molecular flexibility index (Phi) is 3.80. The molecule has 1 aromatic heterocycles. The van der Waals surface area contributed by atoms with Crippen LogP contribution in [0.15, 0.2) is 21.9 Å². The van der Waals surface area contributed by atoms with Gasteiger partial charge in [0.05, 0.1) is 6.61 Å². The first-order valence-corrected chi connectivity index (χ1v) is 5.52. The number of hydrogen-bond acceptors (Lipinski definition) is 6. The molecule has 2 heterocycles. The molecule has 0 aliphatic carbocycles. The van der Waals surface area contributed by atoms with E-state index in [4.69, 9.17) is 14.9 Å². The zero-order valence-electron chi connectivity index (χ0n) is 9.72. The molecule has 0 saturated carbocycles. The highest BCUT2D eigenvalue weighted by Crippen LogP contribution is 2.30. The van der Waals surface area contributed by atoms with E-state index in [2.05, 4.69) is 0 Å². The number of halogens is 1. The standard InChI is InChI=1S/C10H13FN2O6/c11-7-8(17)5(3-14)19-9(7)12-2-1-6(16)13(4-15)10(12)18/h1-2,5,7-9,14-15,17H,3-4H2/t5-,7-,8-,9?/m1/s1. The fourth-order valence-corrected chi connectivity index (χ4v) is 1.93. The van der Waals surface area contributed by atoms with Crippen LogP contribution < -0.4 is 11.2 Å². The largest absolute Gasteiger partial charge is 0.394 e. The summed E-state index contributed by atoms with van der Waals surface area (Å²) in [6, 6.07) is 0.965. The van der Waals surface area contributed by atoms with Gasteiger partial charge in [-0.25, -0.2) is 13.8 Å². The van der Waals surface area contributed by atoms with Crippen LogP contribution in [0.4, 0.5) is 4.39 Å². The third kappa shape index (κ3) is 2.21. The Balaban J connectivity index is 2.44. The van der Waals surface area contributed by atoms with Crippen LogP contribution in [0.2, 0.25) is 0 Å². The van der Waals surface area contributed by atoms with Crippen LogP contribution in [0, 0.1) is 0 Å². The second kappa shape index (κ2) is 5.21. The maximum Gasteiger partial charge on any atom is 0.335 e. The lowest BCUT2D eigenvalue weighted by Crippen LogP contribution is -2.42. The first-order valence-electron chi connectivity index (χ1n) is 5.52. The number of ether oxygens (including phenoxy) is 1. The Morgan fingerprint density at radius 2 is 2.05 bits per heavy atom. The Hall–Kier alpha value is -1.55. The van der Waals surface area contributed by atoms with Gasteiger partial charge in [0.25, 0.3) is 5.56 Å². The van der Waals surface area contributed by atoms with Crippen molar-refractivity contribution in [3.8, 4) is 0 Å². The Labute approximate surface area is 105 Å². The van der Waals surface area contributed by atoms with Crippen LogP contribution in [0.25, 0.3) is 0 Å². The summed E-state index contributed by atoms with van der Waals surface area (Å²) in [6.45, 7) is -1.46. The summed E-state index contributed by atoms with van der Waals surface area (Å²) >= 11 is 0. The van der Waals surface area contributed by atoms with Gasteiger partial charge >= 0.3 is 5.69 Å². The van der Waals surface area contributed by atoms with Gasteiger partial charge in [-0.3, -0.25) is 9.36 Å². The molecule has 0 spiro atoms. The van der Waals surface area contributed by atoms with Gasteiger partial charge in [-0.05, 0) is 0 Å². The molecule has 0 bridgehead atoms. The maximum atomic E-state index is 13.8. The minimum absolute atomic E-state index is 0.481. The lowest BCUT2D eigenvalue weighted by atomic mass is 10.1. The topological polar surface area (TPSA) is 114 Å². The molecule has 8 nitrogen and oxygen atoms in total. The molecule has 0 radical (unpaired) electrons. The lowest BCUT2D eigenvalue weighted by Gasteiger charge is -2.16. The highest BCUT2D eigenvalue weighted by atomic mass is 19.1. The van der Waals surface area contributed by atoms with Crippen molar-refractivity contribution in [3.63, 3.8) is 0 Å². The van der Waals surface area contributed by atoms with E-state index in [0.717, 1.165) is 16.8 Å². The van der Waals surface area contributed by atoms with Crippen molar-refractivity contribution in [3.05, 3.63) is 33.1 Å². The number of hydrogen-bond donors (Lipinski definition) is 3. The molecule has 1 unspecified atom stereocenters. The van der Waals surface area contributed by atoms with E-state index >= 15 is 0 Å². The van der Waals surface area contributed by atoms with Gasteiger partial charge in [0.1, 0.15) is 18.9 Å². The number of nitrogens with zero attached hydrogens (tertiary/aromatic N) is 2. The van der Waals surface area contributed by atoms with Gasteiger partial charge in [-0.2, -0.15) is 0 Å². The van der Waals surface area contributed by atoms with Crippen LogP contribution >= 0.6 is 0 Å². The quantitative estimate of drug-likeness (QED) is 0.564.